The molecule has 0 aliphatic rings. The van der Waals surface area contributed by atoms with Crippen LogP contribution >= 0.6 is 11.8 Å². The zero-order valence-electron chi connectivity index (χ0n) is 12.7. The fourth-order valence-corrected chi connectivity index (χ4v) is 2.78. The monoisotopic (exact) mass is 325 g/mol. The Kier molecular flexibility index (Phi) is 3.38. The third-order valence-electron chi connectivity index (χ3n) is 3.56. The highest BCUT2D eigenvalue weighted by Crippen LogP contribution is 2.18. The second kappa shape index (κ2) is 5.54. The zero-order chi connectivity index (χ0) is 15.8. The van der Waals surface area contributed by atoms with E-state index >= 15 is 0 Å². The molecule has 0 saturated heterocycles. The van der Waals surface area contributed by atoms with Crippen LogP contribution in [-0.4, -0.2) is 35.8 Å². The van der Waals surface area contributed by atoms with Crippen molar-refractivity contribution in [2.75, 3.05) is 11.6 Å². The summed E-state index contributed by atoms with van der Waals surface area (Å²) in [7, 11) is 0. The third-order valence-corrected chi connectivity index (χ3v) is 4.11. The Morgan fingerprint density at radius 1 is 1.22 bits per heavy atom. The molecule has 0 aliphatic heterocycles. The van der Waals surface area contributed by atoms with E-state index in [0.29, 0.717) is 17.6 Å². The van der Waals surface area contributed by atoms with Gasteiger partial charge in [0, 0.05) is 5.56 Å². The molecular weight excluding hydrogens is 310 g/mol. The lowest BCUT2D eigenvalue weighted by Crippen LogP contribution is -2.10. The molecule has 4 aromatic rings. The van der Waals surface area contributed by atoms with Gasteiger partial charge in [0.15, 0.2) is 10.8 Å². The molecule has 0 bridgehead atoms. The maximum absolute atomic E-state index is 4.56. The van der Waals surface area contributed by atoms with Gasteiger partial charge in [0.2, 0.25) is 5.95 Å². The van der Waals surface area contributed by atoms with Crippen LogP contribution in [0.4, 0.5) is 5.95 Å². The summed E-state index contributed by atoms with van der Waals surface area (Å²) < 4.78 is 1.72. The summed E-state index contributed by atoms with van der Waals surface area (Å²) in [5, 5.41) is 8.35. The van der Waals surface area contributed by atoms with Crippen molar-refractivity contribution in [1.29, 1.82) is 0 Å². The number of benzene rings is 1. The number of fused-ring (bicyclic) bond motifs is 2. The van der Waals surface area contributed by atoms with Crippen LogP contribution in [0.2, 0.25) is 0 Å². The highest BCUT2D eigenvalue weighted by atomic mass is 32.2. The first-order valence-electron chi connectivity index (χ1n) is 7.18. The van der Waals surface area contributed by atoms with E-state index in [9.17, 15) is 0 Å². The Hall–Kier alpha value is -2.61. The molecule has 3 aromatic heterocycles. The standard InChI is InChI=1S/C15H15N7S/c1-9-7-17-22-13(9)20-15(23-2)21-14(22)16-8-12-18-10-5-3-4-6-11(10)19-12/h3-7H,8H2,1-2H3,(H,18,19)(H,16,20,21). The SMILES string of the molecule is CSc1nc(NCc2nc3ccccc3[nH]2)n2ncc(C)c2n1. The minimum atomic E-state index is 0.535. The Morgan fingerprint density at radius 3 is 2.91 bits per heavy atom. The molecule has 0 aliphatic carbocycles. The van der Waals surface area contributed by atoms with E-state index in [0.717, 1.165) is 28.1 Å². The molecule has 7 nitrogen and oxygen atoms in total. The van der Waals surface area contributed by atoms with Crippen molar-refractivity contribution in [2.24, 2.45) is 0 Å². The van der Waals surface area contributed by atoms with Crippen molar-refractivity contribution in [3.05, 3.63) is 41.9 Å². The van der Waals surface area contributed by atoms with Gasteiger partial charge >= 0.3 is 0 Å². The normalized spacial score (nSPS) is 11.4. The number of imidazole rings is 1. The van der Waals surface area contributed by atoms with Gasteiger partial charge < -0.3 is 10.3 Å². The second-order valence-electron chi connectivity index (χ2n) is 5.15. The first-order valence-corrected chi connectivity index (χ1v) is 8.41. The molecule has 23 heavy (non-hydrogen) atoms. The first kappa shape index (κ1) is 14.0. The molecule has 0 fully saturated rings. The van der Waals surface area contributed by atoms with Crippen LogP contribution in [0.5, 0.6) is 0 Å². The lowest BCUT2D eigenvalue weighted by Gasteiger charge is -2.07. The number of rotatable bonds is 4. The van der Waals surface area contributed by atoms with E-state index in [1.807, 2.05) is 37.4 Å². The Bertz CT molecular complexity index is 955. The molecule has 0 radical (unpaired) electrons. The van der Waals surface area contributed by atoms with Gasteiger partial charge in [-0.15, -0.1) is 0 Å². The van der Waals surface area contributed by atoms with Gasteiger partial charge in [-0.05, 0) is 25.3 Å². The molecule has 2 N–H and O–H groups in total. The molecule has 0 atom stereocenters. The van der Waals surface area contributed by atoms with Crippen LogP contribution in [0.15, 0.2) is 35.6 Å². The lowest BCUT2D eigenvalue weighted by atomic mass is 10.3. The summed E-state index contributed by atoms with van der Waals surface area (Å²) in [5.41, 5.74) is 3.82. The largest absolute Gasteiger partial charge is 0.347 e. The van der Waals surface area contributed by atoms with E-state index in [1.54, 1.807) is 10.7 Å². The summed E-state index contributed by atoms with van der Waals surface area (Å²) >= 11 is 1.51. The predicted molar refractivity (Wildman–Crippen MR) is 90.7 cm³/mol. The van der Waals surface area contributed by atoms with Crippen molar-refractivity contribution < 1.29 is 0 Å². The van der Waals surface area contributed by atoms with Gasteiger partial charge in [0.1, 0.15) is 5.82 Å². The molecule has 3 heterocycles. The first-order chi connectivity index (χ1) is 11.2. The molecule has 4 rings (SSSR count). The maximum Gasteiger partial charge on any atom is 0.228 e. The summed E-state index contributed by atoms with van der Waals surface area (Å²) in [6.07, 6.45) is 3.75. The molecule has 116 valence electrons. The average molecular weight is 325 g/mol. The molecule has 0 saturated carbocycles. The quantitative estimate of drug-likeness (QED) is 0.561. The number of H-pyrrole nitrogens is 1. The third kappa shape index (κ3) is 2.50. The van der Waals surface area contributed by atoms with Crippen LogP contribution in [-0.2, 0) is 6.54 Å². The average Bonchev–Trinajstić information content (AvgIpc) is 3.16. The van der Waals surface area contributed by atoms with Gasteiger partial charge in [-0.2, -0.15) is 14.6 Å². The van der Waals surface area contributed by atoms with E-state index in [1.165, 1.54) is 11.8 Å². The topological polar surface area (TPSA) is 83.8 Å². The zero-order valence-corrected chi connectivity index (χ0v) is 13.6. The van der Waals surface area contributed by atoms with Crippen molar-refractivity contribution in [2.45, 2.75) is 18.6 Å². The van der Waals surface area contributed by atoms with Crippen molar-refractivity contribution >= 4 is 34.4 Å². The highest BCUT2D eigenvalue weighted by molar-refractivity contribution is 7.98. The number of aryl methyl sites for hydroxylation is 1. The van der Waals surface area contributed by atoms with Gasteiger partial charge in [0.05, 0.1) is 23.8 Å². The van der Waals surface area contributed by atoms with Gasteiger partial charge in [-0.1, -0.05) is 23.9 Å². The number of para-hydroxylation sites is 2. The van der Waals surface area contributed by atoms with Crippen molar-refractivity contribution in [3.8, 4) is 0 Å². The van der Waals surface area contributed by atoms with E-state index in [-0.39, 0.29) is 0 Å². The predicted octanol–water partition coefficient (Wildman–Crippen LogP) is 2.64. The Balaban J connectivity index is 1.66. The smallest absolute Gasteiger partial charge is 0.228 e. The van der Waals surface area contributed by atoms with Gasteiger partial charge in [-0.25, -0.2) is 9.97 Å². The fraction of sp³-hybridized carbons (Fsp3) is 0.200. The van der Waals surface area contributed by atoms with E-state index in [4.69, 9.17) is 0 Å². The van der Waals surface area contributed by atoms with E-state index < -0.39 is 0 Å². The minimum absolute atomic E-state index is 0.535. The molecule has 0 spiro atoms. The van der Waals surface area contributed by atoms with Crippen molar-refractivity contribution in [3.63, 3.8) is 0 Å². The highest BCUT2D eigenvalue weighted by Gasteiger charge is 2.11. The number of nitrogens with one attached hydrogen (secondary N) is 2. The van der Waals surface area contributed by atoms with Gasteiger partial charge in [-0.3, -0.25) is 0 Å². The molecular formula is C15H15N7S. The van der Waals surface area contributed by atoms with Crippen LogP contribution in [0, 0.1) is 6.92 Å². The van der Waals surface area contributed by atoms with Gasteiger partial charge in [0.25, 0.3) is 0 Å². The number of hydrogen-bond donors (Lipinski definition) is 2. The molecule has 0 amide bonds. The van der Waals surface area contributed by atoms with Crippen LogP contribution < -0.4 is 5.32 Å². The number of aromatic nitrogens is 6. The number of thioether (sulfide) groups is 1. The number of hydrogen-bond acceptors (Lipinski definition) is 6. The van der Waals surface area contributed by atoms with Crippen LogP contribution in [0.3, 0.4) is 0 Å². The lowest BCUT2D eigenvalue weighted by molar-refractivity contribution is 0.823. The molecule has 0 unspecified atom stereocenters. The Morgan fingerprint density at radius 2 is 2.09 bits per heavy atom. The second-order valence-corrected chi connectivity index (χ2v) is 5.92. The number of nitrogens with zero attached hydrogens (tertiary/aromatic N) is 5. The fourth-order valence-electron chi connectivity index (χ4n) is 2.43. The summed E-state index contributed by atoms with van der Waals surface area (Å²) in [6.45, 7) is 2.52. The molecule has 8 heteroatoms. The molecule has 1 aromatic carbocycles. The van der Waals surface area contributed by atoms with Crippen molar-refractivity contribution in [1.82, 2.24) is 29.5 Å². The maximum atomic E-state index is 4.56. The number of anilines is 1. The van der Waals surface area contributed by atoms with Crippen LogP contribution in [0.1, 0.15) is 11.4 Å². The van der Waals surface area contributed by atoms with E-state index in [2.05, 4.69) is 30.4 Å². The van der Waals surface area contributed by atoms with Crippen LogP contribution in [0.25, 0.3) is 16.7 Å². The number of aromatic amines is 1. The summed E-state index contributed by atoms with van der Waals surface area (Å²) in [5.74, 6) is 1.51. The summed E-state index contributed by atoms with van der Waals surface area (Å²) in [4.78, 5) is 16.8. The minimum Gasteiger partial charge on any atom is -0.347 e. The summed E-state index contributed by atoms with van der Waals surface area (Å²) in [6, 6.07) is 7.97. The Labute approximate surface area is 136 Å².